The average molecular weight is 323 g/mol. The minimum Gasteiger partial charge on any atom is -0.0622 e. The van der Waals surface area contributed by atoms with Crippen molar-refractivity contribution in [3.63, 3.8) is 0 Å². The molecule has 0 N–H and O–H groups in total. The lowest BCUT2D eigenvalue weighted by atomic mass is 9.68. The van der Waals surface area contributed by atoms with Gasteiger partial charge < -0.3 is 0 Å². The predicted octanol–water partition coefficient (Wildman–Crippen LogP) is 6.05. The van der Waals surface area contributed by atoms with E-state index in [4.69, 9.17) is 6.85 Å². The van der Waals surface area contributed by atoms with Gasteiger partial charge in [0.2, 0.25) is 0 Å². The third kappa shape index (κ3) is 1.88. The first-order chi connectivity index (χ1) is 14.5. The summed E-state index contributed by atoms with van der Waals surface area (Å²) in [5.74, 6) is 0. The largest absolute Gasteiger partial charge is 0.0713 e. The maximum atomic E-state index is 8.78. The Bertz CT molecular complexity index is 1220. The number of benzene rings is 4. The Labute approximate surface area is 155 Å². The molecular formula is C25H18. The van der Waals surface area contributed by atoms with E-state index in [-0.39, 0.29) is 35.8 Å². The van der Waals surface area contributed by atoms with Gasteiger partial charge in [-0.15, -0.1) is 0 Å². The van der Waals surface area contributed by atoms with Gasteiger partial charge in [0.1, 0.15) is 0 Å². The van der Waals surface area contributed by atoms with Gasteiger partial charge in [-0.25, -0.2) is 0 Å². The minimum absolute atomic E-state index is 0.170. The second-order valence-electron chi connectivity index (χ2n) is 6.21. The van der Waals surface area contributed by atoms with Gasteiger partial charge in [-0.1, -0.05) is 109 Å². The van der Waals surface area contributed by atoms with Crippen molar-refractivity contribution < 1.29 is 6.85 Å². The van der Waals surface area contributed by atoms with Crippen molar-refractivity contribution in [2.45, 2.75) is 5.41 Å². The van der Waals surface area contributed by atoms with Gasteiger partial charge in [0, 0.05) is 0 Å². The van der Waals surface area contributed by atoms with Crippen molar-refractivity contribution in [1.82, 2.24) is 0 Å². The Morgan fingerprint density at radius 3 is 1.64 bits per heavy atom. The molecule has 0 unspecified atom stereocenters. The third-order valence-corrected chi connectivity index (χ3v) is 5.03. The van der Waals surface area contributed by atoms with Gasteiger partial charge in [-0.05, 0) is 33.4 Å². The molecule has 0 heteroatoms. The molecule has 5 rings (SSSR count). The molecule has 25 heavy (non-hydrogen) atoms. The van der Waals surface area contributed by atoms with Crippen LogP contribution in [0, 0.1) is 0 Å². The number of fused-ring (bicyclic) bond motifs is 3. The van der Waals surface area contributed by atoms with E-state index in [0.29, 0.717) is 0 Å². The zero-order chi connectivity index (χ0) is 21.0. The summed E-state index contributed by atoms with van der Waals surface area (Å²) >= 11 is 0. The molecule has 0 aromatic heterocycles. The summed E-state index contributed by atoms with van der Waals surface area (Å²) in [4.78, 5) is 0. The van der Waals surface area contributed by atoms with Crippen LogP contribution in [-0.4, -0.2) is 0 Å². The summed E-state index contributed by atoms with van der Waals surface area (Å²) < 4.78 is 42.3. The van der Waals surface area contributed by atoms with Crippen LogP contribution in [0.2, 0.25) is 0 Å². The van der Waals surface area contributed by atoms with Gasteiger partial charge in [0.15, 0.2) is 0 Å². The summed E-state index contributed by atoms with van der Waals surface area (Å²) in [6.07, 6.45) is 0. The molecule has 1 aliphatic rings. The lowest BCUT2D eigenvalue weighted by Gasteiger charge is -2.33. The third-order valence-electron chi connectivity index (χ3n) is 5.03. The van der Waals surface area contributed by atoms with Crippen molar-refractivity contribution in [3.05, 3.63) is 131 Å². The van der Waals surface area contributed by atoms with Crippen LogP contribution >= 0.6 is 0 Å². The van der Waals surface area contributed by atoms with Crippen LogP contribution in [0.1, 0.15) is 29.1 Å². The van der Waals surface area contributed by atoms with Crippen LogP contribution in [0.25, 0.3) is 11.1 Å². The maximum Gasteiger partial charge on any atom is 0.0713 e. The fourth-order valence-corrected chi connectivity index (χ4v) is 4.09. The van der Waals surface area contributed by atoms with Gasteiger partial charge in [0.25, 0.3) is 0 Å². The van der Waals surface area contributed by atoms with E-state index in [2.05, 4.69) is 0 Å². The first kappa shape index (κ1) is 10.0. The second-order valence-corrected chi connectivity index (χ2v) is 6.21. The first-order valence-electron chi connectivity index (χ1n) is 10.8. The van der Waals surface area contributed by atoms with Crippen LogP contribution < -0.4 is 0 Å². The van der Waals surface area contributed by atoms with Crippen LogP contribution in [0.4, 0.5) is 0 Å². The smallest absolute Gasteiger partial charge is 0.0622 e. The molecule has 118 valence electrons. The Hall–Kier alpha value is -3.12. The van der Waals surface area contributed by atoms with Crippen LogP contribution in [-0.2, 0) is 5.41 Å². The molecule has 0 saturated heterocycles. The monoisotopic (exact) mass is 323 g/mol. The summed E-state index contributed by atoms with van der Waals surface area (Å²) in [7, 11) is 0. The van der Waals surface area contributed by atoms with E-state index in [0.717, 1.165) is 27.8 Å². The molecule has 0 aliphatic heterocycles. The highest BCUT2D eigenvalue weighted by molar-refractivity contribution is 5.86. The van der Waals surface area contributed by atoms with E-state index >= 15 is 0 Å². The van der Waals surface area contributed by atoms with E-state index in [1.54, 1.807) is 0 Å². The first-order valence-corrected chi connectivity index (χ1v) is 8.32. The zero-order valence-corrected chi connectivity index (χ0v) is 13.5. The summed E-state index contributed by atoms with van der Waals surface area (Å²) in [6.45, 7) is 0. The number of rotatable bonds is 2. The molecule has 0 amide bonds. The molecule has 0 bridgehead atoms. The Morgan fingerprint density at radius 2 is 1.04 bits per heavy atom. The Kier molecular flexibility index (Phi) is 2.18. The van der Waals surface area contributed by atoms with Crippen LogP contribution in [0.15, 0.2) is 109 Å². The average Bonchev–Trinajstić information content (AvgIpc) is 3.09. The number of hydrogen-bond acceptors (Lipinski definition) is 0. The Balaban J connectivity index is 2.06. The highest BCUT2D eigenvalue weighted by atomic mass is 14.5. The van der Waals surface area contributed by atoms with Gasteiger partial charge in [-0.2, -0.15) is 0 Å². The minimum atomic E-state index is -0.998. The van der Waals surface area contributed by atoms with Gasteiger partial charge in [0.05, 0.1) is 12.3 Å². The van der Waals surface area contributed by atoms with E-state index in [1.807, 2.05) is 78.9 Å². The fourth-order valence-electron chi connectivity index (χ4n) is 4.09. The highest BCUT2D eigenvalue weighted by Gasteiger charge is 2.45. The topological polar surface area (TPSA) is 0 Å². The molecule has 0 atom stereocenters. The van der Waals surface area contributed by atoms with Crippen molar-refractivity contribution in [3.8, 4) is 11.1 Å². The fraction of sp³-hybridized carbons (Fsp3) is 0.0400. The molecule has 0 saturated carbocycles. The lowest BCUT2D eigenvalue weighted by Crippen LogP contribution is -2.28. The second kappa shape index (κ2) is 5.46. The van der Waals surface area contributed by atoms with E-state index < -0.39 is 5.41 Å². The summed E-state index contributed by atoms with van der Waals surface area (Å²) in [5.41, 5.74) is 4.06. The van der Waals surface area contributed by atoms with Crippen LogP contribution in [0.5, 0.6) is 0 Å². The van der Waals surface area contributed by atoms with E-state index in [9.17, 15) is 0 Å². The molecule has 0 fully saturated rings. The van der Waals surface area contributed by atoms with Crippen molar-refractivity contribution in [2.24, 2.45) is 0 Å². The summed E-state index contributed by atoms with van der Waals surface area (Å²) in [5, 5.41) is 0. The predicted molar refractivity (Wildman–Crippen MR) is 104 cm³/mol. The molecular weight excluding hydrogens is 300 g/mol. The van der Waals surface area contributed by atoms with Gasteiger partial charge in [-0.3, -0.25) is 0 Å². The summed E-state index contributed by atoms with van der Waals surface area (Å²) in [6, 6.07) is 24.3. The van der Waals surface area contributed by atoms with E-state index in [1.165, 1.54) is 0 Å². The van der Waals surface area contributed by atoms with Gasteiger partial charge >= 0.3 is 0 Å². The quantitative estimate of drug-likeness (QED) is 0.371. The maximum absolute atomic E-state index is 8.78. The number of hydrogen-bond donors (Lipinski definition) is 0. The lowest BCUT2D eigenvalue weighted by molar-refractivity contribution is 0.768. The molecule has 0 spiro atoms. The van der Waals surface area contributed by atoms with Crippen molar-refractivity contribution >= 4 is 0 Å². The normalized spacial score (nSPS) is 16.7. The van der Waals surface area contributed by atoms with Crippen molar-refractivity contribution in [2.75, 3.05) is 0 Å². The SMILES string of the molecule is [2H]c1c([2H])c([2H])c(C2(c3ccccc3)c3ccccc3-c3ccccc32)c([2H])c1[2H]. The van der Waals surface area contributed by atoms with Crippen LogP contribution in [0.3, 0.4) is 0 Å². The molecule has 1 aliphatic carbocycles. The Morgan fingerprint density at radius 1 is 0.520 bits per heavy atom. The molecule has 0 heterocycles. The standard InChI is InChI=1S/C25H18/c1-3-11-19(12-4-1)25(20-13-5-2-6-14-20)23-17-9-7-15-21(23)22-16-8-10-18-24(22)25/h1-18H/i1D,3D,4D,11D,12D. The molecule has 0 radical (unpaired) electrons. The molecule has 4 aromatic carbocycles. The van der Waals surface area contributed by atoms with Crippen molar-refractivity contribution in [1.29, 1.82) is 0 Å². The highest BCUT2D eigenvalue weighted by Crippen LogP contribution is 2.55. The zero-order valence-electron chi connectivity index (χ0n) is 18.5. The molecule has 0 nitrogen and oxygen atoms in total. The molecule has 4 aromatic rings.